The van der Waals surface area contributed by atoms with Crippen LogP contribution < -0.4 is 5.32 Å². The largest absolute Gasteiger partial charge is 0.381 e. The molecule has 1 atom stereocenters. The second-order valence-electron chi connectivity index (χ2n) is 7.00. The van der Waals surface area contributed by atoms with Crippen LogP contribution >= 0.6 is 35.6 Å². The molecule has 3 nitrogen and oxygen atoms in total. The Hall–Kier alpha value is -1.26. The van der Waals surface area contributed by atoms with Gasteiger partial charge < -0.3 is 10.2 Å². The molecule has 0 fully saturated rings. The molecule has 3 rings (SSSR count). The van der Waals surface area contributed by atoms with Gasteiger partial charge in [0.25, 0.3) is 0 Å². The highest BCUT2D eigenvalue weighted by atomic mass is 35.5. The molecule has 1 aromatic heterocycles. The summed E-state index contributed by atoms with van der Waals surface area (Å²) in [4.78, 5) is 7.22. The van der Waals surface area contributed by atoms with Crippen LogP contribution in [0.1, 0.15) is 33.6 Å². The summed E-state index contributed by atoms with van der Waals surface area (Å²) in [5, 5.41) is 6.98. The van der Waals surface area contributed by atoms with Crippen LogP contribution in [0.2, 0.25) is 10.0 Å². The molecule has 1 heterocycles. The van der Waals surface area contributed by atoms with Crippen LogP contribution in [0.25, 0.3) is 21.8 Å². The molecule has 0 aliphatic heterocycles. The molecule has 6 heteroatoms. The quantitative estimate of drug-likeness (QED) is 0.381. The minimum atomic E-state index is 0. The minimum Gasteiger partial charge on any atom is -0.381 e. The van der Waals surface area contributed by atoms with Gasteiger partial charge in [0.15, 0.2) is 0 Å². The molecule has 28 heavy (non-hydrogen) atoms. The van der Waals surface area contributed by atoms with Crippen molar-refractivity contribution in [1.29, 1.82) is 0 Å². The SMILES string of the molecule is CCN(CC)CCCC(C)Nc1c2ccccc2nc2cc(Cl)cc(Cl)c12.Cl. The maximum Gasteiger partial charge on any atom is 0.0760 e. The highest BCUT2D eigenvalue weighted by Crippen LogP contribution is 2.37. The predicted molar refractivity (Wildman–Crippen MR) is 127 cm³/mol. The van der Waals surface area contributed by atoms with Gasteiger partial charge in [-0.15, -0.1) is 12.4 Å². The van der Waals surface area contributed by atoms with Crippen molar-refractivity contribution in [3.05, 3.63) is 46.4 Å². The summed E-state index contributed by atoms with van der Waals surface area (Å²) >= 11 is 12.8. The average Bonchev–Trinajstić information content (AvgIpc) is 2.64. The monoisotopic (exact) mass is 439 g/mol. The van der Waals surface area contributed by atoms with Gasteiger partial charge in [0, 0.05) is 21.8 Å². The molecule has 0 bridgehead atoms. The Bertz CT molecular complexity index is 926. The second kappa shape index (κ2) is 10.5. The van der Waals surface area contributed by atoms with Crippen molar-refractivity contribution >= 4 is 63.1 Å². The number of halogens is 3. The van der Waals surface area contributed by atoms with E-state index < -0.39 is 0 Å². The number of anilines is 1. The first-order valence-electron chi connectivity index (χ1n) is 9.69. The van der Waals surface area contributed by atoms with Crippen molar-refractivity contribution in [2.75, 3.05) is 25.0 Å². The van der Waals surface area contributed by atoms with E-state index in [1.165, 1.54) is 0 Å². The molecule has 3 aromatic rings. The van der Waals surface area contributed by atoms with E-state index in [2.05, 4.69) is 37.1 Å². The number of para-hydroxylation sites is 1. The van der Waals surface area contributed by atoms with Crippen LogP contribution in [0.4, 0.5) is 5.69 Å². The average molecular weight is 441 g/mol. The van der Waals surface area contributed by atoms with Gasteiger partial charge in [0.05, 0.1) is 21.7 Å². The second-order valence-corrected chi connectivity index (χ2v) is 7.84. The lowest BCUT2D eigenvalue weighted by atomic mass is 10.1. The molecule has 0 saturated heterocycles. The number of hydrogen-bond acceptors (Lipinski definition) is 3. The van der Waals surface area contributed by atoms with Crippen LogP contribution in [-0.2, 0) is 0 Å². The molecule has 0 aliphatic rings. The third-order valence-electron chi connectivity index (χ3n) is 5.10. The molecule has 0 saturated carbocycles. The van der Waals surface area contributed by atoms with Gasteiger partial charge in [-0.25, -0.2) is 4.98 Å². The molecule has 1 unspecified atom stereocenters. The van der Waals surface area contributed by atoms with Crippen LogP contribution in [0, 0.1) is 0 Å². The van der Waals surface area contributed by atoms with Crippen LogP contribution in [0.5, 0.6) is 0 Å². The Morgan fingerprint density at radius 3 is 2.50 bits per heavy atom. The van der Waals surface area contributed by atoms with Crippen LogP contribution in [0.15, 0.2) is 36.4 Å². The Labute approximate surface area is 183 Å². The molecule has 0 radical (unpaired) electrons. The van der Waals surface area contributed by atoms with Crippen molar-refractivity contribution in [3.8, 4) is 0 Å². The molecule has 0 amide bonds. The van der Waals surface area contributed by atoms with E-state index >= 15 is 0 Å². The van der Waals surface area contributed by atoms with E-state index in [4.69, 9.17) is 28.2 Å². The van der Waals surface area contributed by atoms with E-state index in [1.807, 2.05) is 24.3 Å². The van der Waals surface area contributed by atoms with E-state index in [-0.39, 0.29) is 12.4 Å². The molecular weight excluding hydrogens is 413 g/mol. The Morgan fingerprint density at radius 2 is 1.79 bits per heavy atom. The smallest absolute Gasteiger partial charge is 0.0760 e. The number of hydrogen-bond donors (Lipinski definition) is 1. The standard InChI is InChI=1S/C22H27Cl2N3.ClH/c1-4-27(5-2)12-8-9-15(3)25-22-17-10-6-7-11-19(17)26-20-14-16(23)13-18(24)21(20)22;/h6-7,10-11,13-15H,4-5,8-9,12H2,1-3H3,(H,25,26);1H. The number of nitrogens with zero attached hydrogens (tertiary/aromatic N) is 2. The van der Waals surface area contributed by atoms with Gasteiger partial charge in [-0.05, 0) is 57.6 Å². The van der Waals surface area contributed by atoms with Gasteiger partial charge in [-0.3, -0.25) is 0 Å². The lowest BCUT2D eigenvalue weighted by molar-refractivity contribution is 0.295. The summed E-state index contributed by atoms with van der Waals surface area (Å²) in [5.41, 5.74) is 2.82. The van der Waals surface area contributed by atoms with Gasteiger partial charge in [0.2, 0.25) is 0 Å². The zero-order chi connectivity index (χ0) is 19.4. The lowest BCUT2D eigenvalue weighted by Gasteiger charge is -2.22. The van der Waals surface area contributed by atoms with Gasteiger partial charge in [-0.2, -0.15) is 0 Å². The Balaban J connectivity index is 0.00000280. The normalized spacial score (nSPS) is 12.4. The van der Waals surface area contributed by atoms with Crippen molar-refractivity contribution in [3.63, 3.8) is 0 Å². The highest BCUT2D eigenvalue weighted by Gasteiger charge is 2.15. The fraction of sp³-hybridized carbons (Fsp3) is 0.409. The fourth-order valence-corrected chi connectivity index (χ4v) is 4.15. The maximum atomic E-state index is 6.56. The van der Waals surface area contributed by atoms with Crippen molar-refractivity contribution < 1.29 is 0 Å². The molecule has 1 N–H and O–H groups in total. The number of rotatable bonds is 8. The van der Waals surface area contributed by atoms with Crippen LogP contribution in [-0.4, -0.2) is 35.6 Å². The number of pyridine rings is 1. The molecule has 2 aromatic carbocycles. The summed E-state index contributed by atoms with van der Waals surface area (Å²) < 4.78 is 0. The first-order chi connectivity index (χ1) is 13.0. The van der Waals surface area contributed by atoms with E-state index in [0.29, 0.717) is 16.1 Å². The van der Waals surface area contributed by atoms with Gasteiger partial charge in [-0.1, -0.05) is 55.2 Å². The number of benzene rings is 2. The number of fused-ring (bicyclic) bond motifs is 2. The summed E-state index contributed by atoms with van der Waals surface area (Å²) in [6.45, 7) is 10.0. The third kappa shape index (κ3) is 5.21. The zero-order valence-electron chi connectivity index (χ0n) is 16.6. The summed E-state index contributed by atoms with van der Waals surface area (Å²) in [5.74, 6) is 0. The van der Waals surface area contributed by atoms with Gasteiger partial charge in [0.1, 0.15) is 0 Å². The van der Waals surface area contributed by atoms with E-state index in [0.717, 1.165) is 60.0 Å². The van der Waals surface area contributed by atoms with E-state index in [1.54, 1.807) is 6.07 Å². The first-order valence-corrected chi connectivity index (χ1v) is 10.5. The Kier molecular flexibility index (Phi) is 8.63. The van der Waals surface area contributed by atoms with Crippen LogP contribution in [0.3, 0.4) is 0 Å². The molecular formula is C22H28Cl3N3. The molecule has 0 aliphatic carbocycles. The highest BCUT2D eigenvalue weighted by molar-refractivity contribution is 6.40. The summed E-state index contributed by atoms with van der Waals surface area (Å²) in [7, 11) is 0. The topological polar surface area (TPSA) is 28.2 Å². The molecule has 152 valence electrons. The summed E-state index contributed by atoms with van der Waals surface area (Å²) in [6, 6.07) is 12.2. The Morgan fingerprint density at radius 1 is 1.07 bits per heavy atom. The minimum absolute atomic E-state index is 0. The van der Waals surface area contributed by atoms with Crippen molar-refractivity contribution in [2.24, 2.45) is 0 Å². The van der Waals surface area contributed by atoms with Gasteiger partial charge >= 0.3 is 0 Å². The van der Waals surface area contributed by atoms with Crippen molar-refractivity contribution in [1.82, 2.24) is 9.88 Å². The zero-order valence-corrected chi connectivity index (χ0v) is 19.0. The maximum absolute atomic E-state index is 6.56. The number of nitrogens with one attached hydrogen (secondary N) is 1. The summed E-state index contributed by atoms with van der Waals surface area (Å²) in [6.07, 6.45) is 2.26. The number of aromatic nitrogens is 1. The third-order valence-corrected chi connectivity index (χ3v) is 5.61. The predicted octanol–water partition coefficient (Wildman–Crippen LogP) is 7.04. The molecule has 0 spiro atoms. The lowest BCUT2D eigenvalue weighted by Crippen LogP contribution is -2.25. The van der Waals surface area contributed by atoms with E-state index in [9.17, 15) is 0 Å². The first kappa shape index (κ1) is 23.0. The fourth-order valence-electron chi connectivity index (χ4n) is 3.57. The van der Waals surface area contributed by atoms with Crippen molar-refractivity contribution in [2.45, 2.75) is 39.7 Å².